The van der Waals surface area contributed by atoms with E-state index in [4.69, 9.17) is 4.74 Å². The van der Waals surface area contributed by atoms with E-state index in [2.05, 4.69) is 10.3 Å². The summed E-state index contributed by atoms with van der Waals surface area (Å²) in [7, 11) is 0. The molecule has 1 aromatic heterocycles. The molecule has 5 heteroatoms. The lowest BCUT2D eigenvalue weighted by Crippen LogP contribution is -2.26. The van der Waals surface area contributed by atoms with E-state index in [1.165, 1.54) is 12.8 Å². The van der Waals surface area contributed by atoms with Crippen LogP contribution in [0.4, 0.5) is 5.69 Å². The van der Waals surface area contributed by atoms with E-state index in [1.807, 2.05) is 25.1 Å². The lowest BCUT2D eigenvalue weighted by molar-refractivity contribution is 0.0525. The maximum Gasteiger partial charge on any atom is 0.345 e. The quantitative estimate of drug-likeness (QED) is 0.849. The third-order valence-corrected chi connectivity index (χ3v) is 4.44. The predicted molar refractivity (Wildman–Crippen MR) is 91.1 cm³/mol. The first kappa shape index (κ1) is 15.6. The highest BCUT2D eigenvalue weighted by Crippen LogP contribution is 2.30. The number of fused-ring (bicyclic) bond motifs is 1. The number of ether oxygens (including phenoxy) is 1. The molecular formula is C18H22N2O3. The van der Waals surface area contributed by atoms with Gasteiger partial charge in [0.25, 0.3) is 5.56 Å². The van der Waals surface area contributed by atoms with Gasteiger partial charge in [0.05, 0.1) is 17.8 Å². The standard InChI is InChI=1S/C18H22N2O3/c1-3-23-18(22)14-16(19-12-8-4-5-9-12)13-10-6-7-11(2)15(13)20-17(14)21/h6-7,10,12H,3-5,8-9H2,1-2H3,(H2,19,20,21). The molecule has 0 radical (unpaired) electrons. The second-order valence-electron chi connectivity index (χ2n) is 6.05. The van der Waals surface area contributed by atoms with Gasteiger partial charge in [0.2, 0.25) is 0 Å². The third-order valence-electron chi connectivity index (χ3n) is 4.44. The smallest absolute Gasteiger partial charge is 0.345 e. The van der Waals surface area contributed by atoms with Gasteiger partial charge in [0, 0.05) is 11.4 Å². The molecule has 1 aliphatic carbocycles. The van der Waals surface area contributed by atoms with Gasteiger partial charge in [-0.1, -0.05) is 31.0 Å². The van der Waals surface area contributed by atoms with Gasteiger partial charge in [-0.15, -0.1) is 0 Å². The Balaban J connectivity index is 2.20. The van der Waals surface area contributed by atoms with Crippen LogP contribution in [0.5, 0.6) is 0 Å². The van der Waals surface area contributed by atoms with E-state index < -0.39 is 11.5 Å². The van der Waals surface area contributed by atoms with Crippen molar-refractivity contribution in [3.63, 3.8) is 0 Å². The monoisotopic (exact) mass is 314 g/mol. The molecule has 2 N–H and O–H groups in total. The van der Waals surface area contributed by atoms with Crippen LogP contribution >= 0.6 is 0 Å². The van der Waals surface area contributed by atoms with E-state index in [1.54, 1.807) is 6.92 Å². The van der Waals surface area contributed by atoms with E-state index in [-0.39, 0.29) is 12.2 Å². The highest BCUT2D eigenvalue weighted by atomic mass is 16.5. The number of hydrogen-bond donors (Lipinski definition) is 2. The number of para-hydroxylation sites is 1. The highest BCUT2D eigenvalue weighted by molar-refractivity contribution is 6.05. The Morgan fingerprint density at radius 3 is 2.78 bits per heavy atom. The molecule has 1 saturated carbocycles. The Kier molecular flexibility index (Phi) is 4.37. The fourth-order valence-electron chi connectivity index (χ4n) is 3.29. The van der Waals surface area contributed by atoms with Gasteiger partial charge in [-0.3, -0.25) is 4.79 Å². The van der Waals surface area contributed by atoms with Crippen LogP contribution in [0.25, 0.3) is 10.9 Å². The van der Waals surface area contributed by atoms with E-state index in [0.717, 1.165) is 29.3 Å². The fourth-order valence-corrected chi connectivity index (χ4v) is 3.29. The summed E-state index contributed by atoms with van der Waals surface area (Å²) in [5, 5.41) is 4.30. The van der Waals surface area contributed by atoms with Gasteiger partial charge in [-0.2, -0.15) is 0 Å². The van der Waals surface area contributed by atoms with Crippen LogP contribution in [-0.4, -0.2) is 23.6 Å². The van der Waals surface area contributed by atoms with Gasteiger partial charge >= 0.3 is 5.97 Å². The number of benzene rings is 1. The van der Waals surface area contributed by atoms with Crippen molar-refractivity contribution in [3.8, 4) is 0 Å². The third kappa shape index (κ3) is 2.96. The maximum absolute atomic E-state index is 12.5. The number of carbonyl (C=O) groups is 1. The number of hydrogen-bond acceptors (Lipinski definition) is 4. The summed E-state index contributed by atoms with van der Waals surface area (Å²) in [6.45, 7) is 3.93. The molecule has 0 saturated heterocycles. The molecule has 0 unspecified atom stereocenters. The molecule has 1 heterocycles. The Hall–Kier alpha value is -2.30. The molecule has 0 spiro atoms. The number of aryl methyl sites for hydroxylation is 1. The van der Waals surface area contributed by atoms with Crippen molar-refractivity contribution in [1.82, 2.24) is 4.98 Å². The largest absolute Gasteiger partial charge is 0.462 e. The number of nitrogens with one attached hydrogen (secondary N) is 2. The SMILES string of the molecule is CCOC(=O)c1c(NC2CCCC2)c2cccc(C)c2[nH]c1=O. The summed E-state index contributed by atoms with van der Waals surface area (Å²) < 4.78 is 5.09. The number of aromatic amines is 1. The zero-order valence-corrected chi connectivity index (χ0v) is 13.6. The average Bonchev–Trinajstić information content (AvgIpc) is 3.01. The highest BCUT2D eigenvalue weighted by Gasteiger charge is 2.24. The summed E-state index contributed by atoms with van der Waals surface area (Å²) in [6, 6.07) is 6.11. The lowest BCUT2D eigenvalue weighted by atomic mass is 10.0. The summed E-state index contributed by atoms with van der Waals surface area (Å²) >= 11 is 0. The van der Waals surface area contributed by atoms with Crippen molar-refractivity contribution < 1.29 is 9.53 Å². The first-order chi connectivity index (χ1) is 11.1. The molecule has 1 aliphatic rings. The van der Waals surface area contributed by atoms with E-state index >= 15 is 0 Å². The van der Waals surface area contributed by atoms with Crippen molar-refractivity contribution in [2.75, 3.05) is 11.9 Å². The van der Waals surface area contributed by atoms with Crippen LogP contribution in [0.15, 0.2) is 23.0 Å². The minimum absolute atomic E-state index is 0.0804. The summed E-state index contributed by atoms with van der Waals surface area (Å²) in [6.07, 6.45) is 4.46. The van der Waals surface area contributed by atoms with E-state index in [0.29, 0.717) is 11.7 Å². The van der Waals surface area contributed by atoms with Crippen molar-refractivity contribution in [3.05, 3.63) is 39.7 Å². The van der Waals surface area contributed by atoms with Crippen LogP contribution < -0.4 is 10.9 Å². The number of pyridine rings is 1. The fraction of sp³-hybridized carbons (Fsp3) is 0.444. The molecule has 0 atom stereocenters. The Bertz CT molecular complexity index is 789. The number of rotatable bonds is 4. The minimum atomic E-state index is -0.572. The number of carbonyl (C=O) groups excluding carboxylic acids is 1. The first-order valence-corrected chi connectivity index (χ1v) is 8.21. The molecule has 3 rings (SSSR count). The van der Waals surface area contributed by atoms with Crippen LogP contribution in [0.1, 0.15) is 48.5 Å². The Labute approximate surface area is 135 Å². The molecule has 0 bridgehead atoms. The van der Waals surface area contributed by atoms with Gasteiger partial charge in [-0.05, 0) is 32.3 Å². The summed E-state index contributed by atoms with van der Waals surface area (Å²) in [5.41, 5.74) is 2.04. The van der Waals surface area contributed by atoms with Crippen LogP contribution in [0.2, 0.25) is 0 Å². The van der Waals surface area contributed by atoms with Crippen LogP contribution in [0, 0.1) is 6.92 Å². The average molecular weight is 314 g/mol. The Morgan fingerprint density at radius 2 is 2.09 bits per heavy atom. The molecule has 0 amide bonds. The predicted octanol–water partition coefficient (Wildman–Crippen LogP) is 3.37. The van der Waals surface area contributed by atoms with Gasteiger partial charge in [0.15, 0.2) is 0 Å². The molecule has 2 aromatic rings. The summed E-state index contributed by atoms with van der Waals surface area (Å²) in [4.78, 5) is 27.6. The lowest BCUT2D eigenvalue weighted by Gasteiger charge is -2.18. The molecule has 5 nitrogen and oxygen atoms in total. The van der Waals surface area contributed by atoms with Crippen molar-refractivity contribution in [2.24, 2.45) is 0 Å². The van der Waals surface area contributed by atoms with Crippen molar-refractivity contribution >= 4 is 22.6 Å². The molecule has 1 aromatic carbocycles. The molecule has 23 heavy (non-hydrogen) atoms. The maximum atomic E-state index is 12.5. The van der Waals surface area contributed by atoms with Crippen molar-refractivity contribution in [1.29, 1.82) is 0 Å². The van der Waals surface area contributed by atoms with Gasteiger partial charge in [-0.25, -0.2) is 4.79 Å². The molecule has 122 valence electrons. The summed E-state index contributed by atoms with van der Waals surface area (Å²) in [5.74, 6) is -0.572. The zero-order chi connectivity index (χ0) is 16.4. The van der Waals surface area contributed by atoms with Gasteiger partial charge < -0.3 is 15.0 Å². The molecule has 1 fully saturated rings. The number of H-pyrrole nitrogens is 1. The molecular weight excluding hydrogens is 292 g/mol. The zero-order valence-electron chi connectivity index (χ0n) is 13.6. The molecule has 0 aliphatic heterocycles. The van der Waals surface area contributed by atoms with Crippen molar-refractivity contribution in [2.45, 2.75) is 45.6 Å². The second kappa shape index (κ2) is 6.44. The van der Waals surface area contributed by atoms with Crippen LogP contribution in [-0.2, 0) is 4.74 Å². The van der Waals surface area contributed by atoms with E-state index in [9.17, 15) is 9.59 Å². The number of esters is 1. The number of anilines is 1. The Morgan fingerprint density at radius 1 is 1.35 bits per heavy atom. The minimum Gasteiger partial charge on any atom is -0.462 e. The number of aromatic nitrogens is 1. The van der Waals surface area contributed by atoms with Gasteiger partial charge in [0.1, 0.15) is 5.56 Å². The first-order valence-electron chi connectivity index (χ1n) is 8.21. The topological polar surface area (TPSA) is 71.2 Å². The van der Waals surface area contributed by atoms with Crippen LogP contribution in [0.3, 0.4) is 0 Å². The normalized spacial score (nSPS) is 15.0. The second-order valence-corrected chi connectivity index (χ2v) is 6.05.